The Morgan fingerprint density at radius 1 is 0.880 bits per heavy atom. The highest BCUT2D eigenvalue weighted by Crippen LogP contribution is 2.31. The highest BCUT2D eigenvalue weighted by atomic mass is 35.5. The monoisotopic (exact) mass is 367 g/mol. The van der Waals surface area contributed by atoms with Crippen LogP contribution in [0.4, 0.5) is 0 Å². The molecule has 0 fully saturated rings. The summed E-state index contributed by atoms with van der Waals surface area (Å²) in [5.74, 6) is -0.101. The molecule has 1 unspecified atom stereocenters. The van der Waals surface area contributed by atoms with Gasteiger partial charge in [0.15, 0.2) is 5.78 Å². The summed E-state index contributed by atoms with van der Waals surface area (Å²) in [5.41, 5.74) is 2.85. The first-order chi connectivity index (χ1) is 12.1. The number of benzene rings is 3. The lowest BCUT2D eigenvalue weighted by Crippen LogP contribution is -2.14. The van der Waals surface area contributed by atoms with Gasteiger partial charge in [-0.3, -0.25) is 9.36 Å². The first-order valence-electron chi connectivity index (χ1n) is 7.95. The molecule has 1 radical (unpaired) electrons. The zero-order chi connectivity index (χ0) is 17.8. The second kappa shape index (κ2) is 7.74. The molecule has 4 heteroatoms. The first kappa shape index (κ1) is 17.5. The molecular formula is C21H17ClO2P. The van der Waals surface area contributed by atoms with Crippen LogP contribution in [0.2, 0.25) is 5.02 Å². The van der Waals surface area contributed by atoms with Crippen LogP contribution in [0.15, 0.2) is 72.8 Å². The summed E-state index contributed by atoms with van der Waals surface area (Å²) in [5, 5.41) is 1.17. The van der Waals surface area contributed by atoms with Gasteiger partial charge in [0.25, 0.3) is 0 Å². The molecule has 0 saturated carbocycles. The van der Waals surface area contributed by atoms with Crippen molar-refractivity contribution < 1.29 is 9.36 Å². The number of rotatable bonds is 5. The van der Waals surface area contributed by atoms with Crippen LogP contribution < -0.4 is 5.30 Å². The molecule has 3 aromatic rings. The quantitative estimate of drug-likeness (QED) is 0.438. The number of carbonyl (C=O) groups is 1. The van der Waals surface area contributed by atoms with Gasteiger partial charge in [-0.15, -0.1) is 0 Å². The van der Waals surface area contributed by atoms with Gasteiger partial charge in [0.2, 0.25) is 0 Å². The van der Waals surface area contributed by atoms with Gasteiger partial charge in [0.1, 0.15) is 7.80 Å². The van der Waals surface area contributed by atoms with Crippen LogP contribution >= 0.6 is 19.4 Å². The van der Waals surface area contributed by atoms with E-state index in [0.717, 1.165) is 11.1 Å². The SMILES string of the molecule is Cc1ccccc1C(=O)c1ccccc1[P](=O)Cc1ccccc1Cl. The third-order valence-electron chi connectivity index (χ3n) is 4.08. The normalized spacial score (nSPS) is 11.2. The molecule has 125 valence electrons. The summed E-state index contributed by atoms with van der Waals surface area (Å²) in [6, 6.07) is 21.9. The van der Waals surface area contributed by atoms with Crippen molar-refractivity contribution in [2.75, 3.05) is 0 Å². The third-order valence-corrected chi connectivity index (χ3v) is 6.00. The van der Waals surface area contributed by atoms with Crippen LogP contribution in [-0.2, 0) is 10.7 Å². The van der Waals surface area contributed by atoms with Gasteiger partial charge in [-0.2, -0.15) is 0 Å². The molecule has 0 aliphatic heterocycles. The minimum Gasteiger partial charge on any atom is -0.289 e. The Morgan fingerprint density at radius 2 is 1.48 bits per heavy atom. The van der Waals surface area contributed by atoms with Gasteiger partial charge in [-0.05, 0) is 36.2 Å². The molecule has 0 aliphatic rings. The molecule has 1 atom stereocenters. The van der Waals surface area contributed by atoms with Gasteiger partial charge in [0.05, 0.1) is 0 Å². The van der Waals surface area contributed by atoms with E-state index in [1.807, 2.05) is 49.4 Å². The highest BCUT2D eigenvalue weighted by molar-refractivity contribution is 7.52. The minimum absolute atomic E-state index is 0.101. The number of carbonyl (C=O) groups excluding carboxylic acids is 1. The second-order valence-electron chi connectivity index (χ2n) is 5.79. The van der Waals surface area contributed by atoms with E-state index < -0.39 is 7.80 Å². The Morgan fingerprint density at radius 3 is 2.20 bits per heavy atom. The number of hydrogen-bond donors (Lipinski definition) is 0. The fourth-order valence-corrected chi connectivity index (χ4v) is 4.47. The van der Waals surface area contributed by atoms with Crippen molar-refractivity contribution >= 4 is 30.5 Å². The number of aryl methyl sites for hydroxylation is 1. The average molecular weight is 368 g/mol. The molecule has 0 N–H and O–H groups in total. The Balaban J connectivity index is 1.96. The lowest BCUT2D eigenvalue weighted by Gasteiger charge is -2.10. The fraction of sp³-hybridized carbons (Fsp3) is 0.0952. The van der Waals surface area contributed by atoms with Crippen LogP contribution in [0.3, 0.4) is 0 Å². The summed E-state index contributed by atoms with van der Waals surface area (Å²) in [7, 11) is -1.78. The average Bonchev–Trinajstić information content (AvgIpc) is 2.63. The standard InChI is InChI=1S/C21H17ClO2P/c1-15-8-2-4-10-17(15)21(23)18-11-5-7-13-20(18)25(24)14-16-9-3-6-12-19(16)22/h2-13H,14H2,1H3. The lowest BCUT2D eigenvalue weighted by molar-refractivity contribution is 0.103. The Labute approximate surface area is 153 Å². The van der Waals surface area contributed by atoms with Crippen molar-refractivity contribution in [3.8, 4) is 0 Å². The predicted molar refractivity (Wildman–Crippen MR) is 103 cm³/mol. The molecule has 0 heterocycles. The zero-order valence-corrected chi connectivity index (χ0v) is 15.4. The van der Waals surface area contributed by atoms with E-state index in [9.17, 15) is 9.36 Å². The second-order valence-corrected chi connectivity index (χ2v) is 7.75. The van der Waals surface area contributed by atoms with Crippen LogP contribution in [0, 0.1) is 6.92 Å². The first-order valence-corrected chi connectivity index (χ1v) is 9.77. The number of ketones is 1. The van der Waals surface area contributed by atoms with Gasteiger partial charge >= 0.3 is 0 Å². The van der Waals surface area contributed by atoms with Gasteiger partial charge < -0.3 is 0 Å². The maximum atomic E-state index is 13.0. The van der Waals surface area contributed by atoms with Crippen molar-refractivity contribution in [3.05, 3.63) is 100 Å². The number of hydrogen-bond acceptors (Lipinski definition) is 2. The molecule has 0 aromatic heterocycles. The topological polar surface area (TPSA) is 34.1 Å². The van der Waals surface area contributed by atoms with Crippen molar-refractivity contribution in [2.24, 2.45) is 0 Å². The largest absolute Gasteiger partial charge is 0.289 e. The molecule has 2 nitrogen and oxygen atoms in total. The summed E-state index contributed by atoms with van der Waals surface area (Å²) >= 11 is 6.18. The van der Waals surface area contributed by atoms with E-state index in [1.54, 1.807) is 30.3 Å². The maximum absolute atomic E-state index is 13.0. The maximum Gasteiger partial charge on any atom is 0.194 e. The van der Waals surface area contributed by atoms with E-state index in [0.29, 0.717) is 27.6 Å². The van der Waals surface area contributed by atoms with Crippen molar-refractivity contribution in [3.63, 3.8) is 0 Å². The molecule has 0 amide bonds. The molecule has 3 rings (SSSR count). The third kappa shape index (κ3) is 3.87. The predicted octanol–water partition coefficient (Wildman–Crippen LogP) is 5.53. The lowest BCUT2D eigenvalue weighted by atomic mass is 9.99. The number of halogens is 1. The molecular weight excluding hydrogens is 351 g/mol. The summed E-state index contributed by atoms with van der Waals surface area (Å²) < 4.78 is 12.9. The Hall–Kier alpha value is -2.28. The van der Waals surface area contributed by atoms with Crippen LogP contribution in [0.25, 0.3) is 0 Å². The van der Waals surface area contributed by atoms with E-state index in [1.165, 1.54) is 0 Å². The summed E-state index contributed by atoms with van der Waals surface area (Å²) in [4.78, 5) is 13.0. The Bertz CT molecular complexity index is 950. The van der Waals surface area contributed by atoms with Crippen LogP contribution in [-0.4, -0.2) is 5.78 Å². The van der Waals surface area contributed by atoms with E-state index in [-0.39, 0.29) is 5.78 Å². The van der Waals surface area contributed by atoms with Gasteiger partial charge in [-0.25, -0.2) is 0 Å². The summed E-state index contributed by atoms with van der Waals surface area (Å²) in [6.45, 7) is 1.90. The molecule has 0 saturated heterocycles. The zero-order valence-electron chi connectivity index (χ0n) is 13.8. The summed E-state index contributed by atoms with van der Waals surface area (Å²) in [6.07, 6.45) is 0.313. The van der Waals surface area contributed by atoms with Gasteiger partial charge in [0, 0.05) is 27.6 Å². The van der Waals surface area contributed by atoms with E-state index in [4.69, 9.17) is 11.6 Å². The van der Waals surface area contributed by atoms with Crippen molar-refractivity contribution in [1.82, 2.24) is 0 Å². The molecule has 0 spiro atoms. The van der Waals surface area contributed by atoms with E-state index in [2.05, 4.69) is 0 Å². The van der Waals surface area contributed by atoms with Crippen molar-refractivity contribution in [1.29, 1.82) is 0 Å². The molecule has 25 heavy (non-hydrogen) atoms. The van der Waals surface area contributed by atoms with Crippen molar-refractivity contribution in [2.45, 2.75) is 13.1 Å². The fourth-order valence-electron chi connectivity index (χ4n) is 2.72. The van der Waals surface area contributed by atoms with E-state index >= 15 is 0 Å². The van der Waals surface area contributed by atoms with Crippen LogP contribution in [0.1, 0.15) is 27.0 Å². The highest BCUT2D eigenvalue weighted by Gasteiger charge is 2.19. The molecule has 0 aliphatic carbocycles. The molecule has 3 aromatic carbocycles. The van der Waals surface area contributed by atoms with Gasteiger partial charge in [-0.1, -0.05) is 66.2 Å². The molecule has 0 bridgehead atoms. The smallest absolute Gasteiger partial charge is 0.194 e. The van der Waals surface area contributed by atoms with Crippen LogP contribution in [0.5, 0.6) is 0 Å². The Kier molecular flexibility index (Phi) is 5.43. The minimum atomic E-state index is -1.78.